The van der Waals surface area contributed by atoms with E-state index in [4.69, 9.17) is 9.51 Å². The summed E-state index contributed by atoms with van der Waals surface area (Å²) in [6, 6.07) is 6.81. The molecule has 9 nitrogen and oxygen atoms in total. The zero-order valence-corrected chi connectivity index (χ0v) is 23.6. The molecule has 3 aromatic rings. The predicted molar refractivity (Wildman–Crippen MR) is 146 cm³/mol. The molecule has 4 N–H and O–H groups in total. The van der Waals surface area contributed by atoms with E-state index in [2.05, 4.69) is 35.8 Å². The normalized spacial score (nSPS) is 15.8. The minimum atomic E-state index is -3.59. The van der Waals surface area contributed by atoms with E-state index in [0.717, 1.165) is 24.3 Å². The maximum Gasteiger partial charge on any atom is 0.252 e. The highest BCUT2D eigenvalue weighted by molar-refractivity contribution is 8.26. The van der Waals surface area contributed by atoms with Gasteiger partial charge in [0.25, 0.3) is 5.91 Å². The number of nitrogens with zero attached hydrogens (tertiary/aromatic N) is 3. The number of aliphatic hydroxyl groups is 1. The predicted octanol–water partition coefficient (Wildman–Crippen LogP) is 5.82. The maximum absolute atomic E-state index is 13.2. The maximum atomic E-state index is 13.2. The van der Waals surface area contributed by atoms with Crippen molar-refractivity contribution in [1.82, 2.24) is 14.7 Å². The highest BCUT2D eigenvalue weighted by Gasteiger charge is 2.43. The molecule has 37 heavy (non-hydrogen) atoms. The number of aliphatic hydroxyl groups excluding tert-OH is 1. The summed E-state index contributed by atoms with van der Waals surface area (Å²) < 4.78 is 28.7. The summed E-state index contributed by atoms with van der Waals surface area (Å²) in [5.74, 6) is 1.11. The molecular weight excluding hydrogens is 492 g/mol. The first kappa shape index (κ1) is 27.6. The van der Waals surface area contributed by atoms with E-state index in [1.165, 1.54) is 32.8 Å². The van der Waals surface area contributed by atoms with Gasteiger partial charge in [0.05, 0.1) is 28.2 Å². The lowest BCUT2D eigenvalue weighted by Crippen LogP contribution is -2.41. The number of amides is 1. The van der Waals surface area contributed by atoms with Crippen LogP contribution in [0, 0.1) is 11.3 Å². The molecule has 0 atom stereocenters. The molecule has 1 saturated carbocycles. The number of rotatable bonds is 9. The number of carbonyl (C=O) groups excluding carboxylic acids is 1. The largest absolute Gasteiger partial charge is 0.395 e. The van der Waals surface area contributed by atoms with Gasteiger partial charge in [-0.2, -0.15) is 10.6 Å². The van der Waals surface area contributed by atoms with Crippen LogP contribution in [0.1, 0.15) is 72.8 Å². The van der Waals surface area contributed by atoms with Gasteiger partial charge in [-0.15, -0.1) is 0 Å². The summed E-state index contributed by atoms with van der Waals surface area (Å²) in [5, 5.41) is 16.1. The Morgan fingerprint density at radius 2 is 1.81 bits per heavy atom. The lowest BCUT2D eigenvalue weighted by molar-refractivity contribution is -0.118. The molecule has 1 aliphatic rings. The number of imidazole rings is 1. The van der Waals surface area contributed by atoms with Gasteiger partial charge in [0, 0.05) is 24.4 Å². The third kappa shape index (κ3) is 5.57. The number of nitrogens with one attached hydrogen (secondary N) is 1. The number of aromatic nitrogens is 3. The molecular formula is C27H40N4O5S. The fourth-order valence-corrected chi connectivity index (χ4v) is 5.56. The summed E-state index contributed by atoms with van der Waals surface area (Å²) in [6.07, 6.45) is 3.25. The smallest absolute Gasteiger partial charge is 0.252 e. The third-order valence-electron chi connectivity index (χ3n) is 7.05. The van der Waals surface area contributed by atoms with Crippen molar-refractivity contribution in [2.75, 3.05) is 11.9 Å². The van der Waals surface area contributed by atoms with Gasteiger partial charge >= 0.3 is 0 Å². The highest BCUT2D eigenvalue weighted by atomic mass is 32.3. The number of anilines is 1. The van der Waals surface area contributed by atoms with Gasteiger partial charge in [-0.25, -0.2) is 4.98 Å². The summed E-state index contributed by atoms with van der Waals surface area (Å²) in [7, 11) is -3.59. The van der Waals surface area contributed by atoms with Crippen molar-refractivity contribution in [1.29, 1.82) is 0 Å². The van der Waals surface area contributed by atoms with Gasteiger partial charge in [0.15, 0.2) is 0 Å². The minimum Gasteiger partial charge on any atom is -0.395 e. The lowest BCUT2D eigenvalue weighted by atomic mass is 9.91. The van der Waals surface area contributed by atoms with Gasteiger partial charge in [0.2, 0.25) is 5.88 Å². The Morgan fingerprint density at radius 3 is 2.41 bits per heavy atom. The Hall–Kier alpha value is -2.40. The van der Waals surface area contributed by atoms with E-state index in [1.54, 1.807) is 26.0 Å². The molecule has 1 aromatic carbocycles. The van der Waals surface area contributed by atoms with Crippen LogP contribution in [-0.4, -0.2) is 46.2 Å². The van der Waals surface area contributed by atoms with Crippen LogP contribution in [-0.2, 0) is 23.2 Å². The molecule has 2 heterocycles. The van der Waals surface area contributed by atoms with Crippen LogP contribution in [0.15, 0.2) is 33.7 Å². The zero-order valence-electron chi connectivity index (χ0n) is 22.8. The van der Waals surface area contributed by atoms with E-state index in [0.29, 0.717) is 17.1 Å². The topological polar surface area (TPSA) is 134 Å². The first-order valence-electron chi connectivity index (χ1n) is 12.7. The second-order valence-electron chi connectivity index (χ2n) is 12.6. The SMILES string of the molecule is CC(C)(C)Cc1nc2cc(S(O)(O)C(C)(C)C(=O)Nc3cc(C(C)(C)CO)no3)ccc2n1CC1CC1. The molecule has 1 fully saturated rings. The molecule has 204 valence electrons. The van der Waals surface area contributed by atoms with Crippen molar-refractivity contribution in [3.05, 3.63) is 35.8 Å². The number of carbonyl (C=O) groups is 1. The first-order valence-corrected chi connectivity index (χ1v) is 14.3. The van der Waals surface area contributed by atoms with Crippen LogP contribution in [0.2, 0.25) is 0 Å². The van der Waals surface area contributed by atoms with Crippen LogP contribution in [0.4, 0.5) is 5.88 Å². The highest BCUT2D eigenvalue weighted by Crippen LogP contribution is 2.59. The number of hydrogen-bond acceptors (Lipinski definition) is 7. The monoisotopic (exact) mass is 532 g/mol. The van der Waals surface area contributed by atoms with Crippen molar-refractivity contribution in [2.24, 2.45) is 11.3 Å². The molecule has 1 aliphatic carbocycles. The summed E-state index contributed by atoms with van der Waals surface area (Å²) in [4.78, 5) is 18.4. The third-order valence-corrected chi connectivity index (χ3v) is 9.57. The van der Waals surface area contributed by atoms with Crippen LogP contribution in [0.5, 0.6) is 0 Å². The van der Waals surface area contributed by atoms with Gasteiger partial charge in [-0.1, -0.05) is 39.8 Å². The van der Waals surface area contributed by atoms with Crippen LogP contribution >= 0.6 is 10.6 Å². The first-order chi connectivity index (χ1) is 17.0. The molecule has 0 unspecified atom stereocenters. The van der Waals surface area contributed by atoms with E-state index in [9.17, 15) is 19.0 Å². The Bertz CT molecular complexity index is 1300. The standard InChI is InChI=1S/C27H40N4O5S/c1-25(2,3)14-22-28-19-12-18(10-11-20(19)31(22)15-17-8-9-17)37(34,35)27(6,7)24(33)29-23-13-21(30-36-23)26(4,5)16-32/h10-13,17,32,34-35H,8-9,14-16H2,1-7H3,(H,29,33). The van der Waals surface area contributed by atoms with Crippen LogP contribution in [0.25, 0.3) is 11.0 Å². The second-order valence-corrected chi connectivity index (χ2v) is 15.2. The number of fused-ring (bicyclic) bond motifs is 1. The minimum absolute atomic E-state index is 0.0571. The Morgan fingerprint density at radius 1 is 1.14 bits per heavy atom. The van der Waals surface area contributed by atoms with E-state index < -0.39 is 26.7 Å². The molecule has 0 saturated heterocycles. The number of benzene rings is 1. The quantitative estimate of drug-likeness (QED) is 0.273. The number of hydrogen-bond donors (Lipinski definition) is 4. The molecule has 0 bridgehead atoms. The van der Waals surface area contributed by atoms with Crippen molar-refractivity contribution in [3.8, 4) is 0 Å². The van der Waals surface area contributed by atoms with E-state index >= 15 is 0 Å². The molecule has 1 amide bonds. The summed E-state index contributed by atoms with van der Waals surface area (Å²) in [5.41, 5.74) is 1.55. The average molecular weight is 533 g/mol. The Balaban J connectivity index is 1.62. The fraction of sp³-hybridized carbons (Fsp3) is 0.593. The summed E-state index contributed by atoms with van der Waals surface area (Å²) >= 11 is 0. The average Bonchev–Trinajstić information content (AvgIpc) is 3.39. The Labute approximate surface area is 220 Å². The van der Waals surface area contributed by atoms with Crippen LogP contribution < -0.4 is 5.32 Å². The summed E-state index contributed by atoms with van der Waals surface area (Å²) in [6.45, 7) is 13.9. The molecule has 2 aromatic heterocycles. The van der Waals surface area contributed by atoms with Gasteiger partial charge in [-0.3, -0.25) is 19.2 Å². The molecule has 0 aliphatic heterocycles. The van der Waals surface area contributed by atoms with Gasteiger partial charge in [0.1, 0.15) is 10.6 Å². The molecule has 10 heteroatoms. The van der Waals surface area contributed by atoms with Crippen molar-refractivity contribution >= 4 is 33.4 Å². The fourth-order valence-electron chi connectivity index (χ4n) is 4.13. The van der Waals surface area contributed by atoms with Crippen molar-refractivity contribution in [3.63, 3.8) is 0 Å². The van der Waals surface area contributed by atoms with Crippen LogP contribution in [0.3, 0.4) is 0 Å². The Kier molecular flexibility index (Phi) is 7.03. The van der Waals surface area contributed by atoms with Gasteiger partial charge < -0.3 is 14.2 Å². The lowest BCUT2D eigenvalue weighted by Gasteiger charge is -2.44. The van der Waals surface area contributed by atoms with Crippen molar-refractivity contribution < 1.29 is 23.5 Å². The van der Waals surface area contributed by atoms with E-state index in [1.807, 2.05) is 6.07 Å². The zero-order chi connectivity index (χ0) is 27.4. The molecule has 4 rings (SSSR count). The molecule has 0 spiro atoms. The van der Waals surface area contributed by atoms with Gasteiger partial charge in [-0.05, 0) is 56.2 Å². The van der Waals surface area contributed by atoms with Crippen molar-refractivity contribution in [2.45, 2.75) is 89.3 Å². The second kappa shape index (κ2) is 9.41. The van der Waals surface area contributed by atoms with E-state index in [-0.39, 0.29) is 22.8 Å². The molecule has 0 radical (unpaired) electrons.